The highest BCUT2D eigenvalue weighted by atomic mass is 16.2. The second kappa shape index (κ2) is 8.58. The van der Waals surface area contributed by atoms with E-state index in [1.807, 2.05) is 36.4 Å². The van der Waals surface area contributed by atoms with E-state index < -0.39 is 0 Å². The predicted molar refractivity (Wildman–Crippen MR) is 113 cm³/mol. The van der Waals surface area contributed by atoms with Gasteiger partial charge in [-0.25, -0.2) is 4.98 Å². The number of carbonyl (C=O) groups excluding carboxylic acids is 2. The quantitative estimate of drug-likeness (QED) is 0.661. The minimum atomic E-state index is -0.373. The molecule has 1 aromatic heterocycles. The monoisotopic (exact) mass is 396 g/mol. The van der Waals surface area contributed by atoms with Crippen LogP contribution in [0, 0.1) is 17.2 Å². The molecule has 1 aliphatic carbocycles. The molecule has 0 spiro atoms. The van der Waals surface area contributed by atoms with E-state index in [4.69, 9.17) is 0 Å². The Hall–Kier alpha value is -3.98. The molecule has 3 aromatic rings. The lowest BCUT2D eigenvalue weighted by molar-refractivity contribution is -0.117. The molecule has 2 aromatic carbocycles. The lowest BCUT2D eigenvalue weighted by atomic mass is 10.1. The molecule has 1 heterocycles. The normalized spacial score (nSPS) is 12.6. The average molecular weight is 396 g/mol. The molecular formula is C24H20N4O2. The second-order valence-electron chi connectivity index (χ2n) is 7.21. The van der Waals surface area contributed by atoms with E-state index >= 15 is 0 Å². The molecule has 1 fully saturated rings. The Morgan fingerprint density at radius 1 is 1.00 bits per heavy atom. The first-order chi connectivity index (χ1) is 14.6. The summed E-state index contributed by atoms with van der Waals surface area (Å²) in [7, 11) is 0. The highest BCUT2D eigenvalue weighted by molar-refractivity contribution is 5.97. The fourth-order valence-electron chi connectivity index (χ4n) is 3.13. The van der Waals surface area contributed by atoms with E-state index in [-0.39, 0.29) is 30.0 Å². The van der Waals surface area contributed by atoms with E-state index in [2.05, 4.69) is 21.7 Å². The van der Waals surface area contributed by atoms with Gasteiger partial charge in [-0.1, -0.05) is 48.5 Å². The second-order valence-corrected chi connectivity index (χ2v) is 7.21. The first-order valence-electron chi connectivity index (χ1n) is 9.78. The molecule has 0 radical (unpaired) electrons. The molecule has 4 rings (SSSR count). The van der Waals surface area contributed by atoms with Gasteiger partial charge in [-0.2, -0.15) is 5.26 Å². The summed E-state index contributed by atoms with van der Waals surface area (Å²) in [6, 6.07) is 22.3. The van der Waals surface area contributed by atoms with Gasteiger partial charge in [0.25, 0.3) is 5.91 Å². The van der Waals surface area contributed by atoms with Crippen molar-refractivity contribution in [1.29, 1.82) is 5.26 Å². The largest absolute Gasteiger partial charge is 0.347 e. The zero-order valence-corrected chi connectivity index (χ0v) is 16.3. The number of nitrogens with one attached hydrogen (secondary N) is 2. The summed E-state index contributed by atoms with van der Waals surface area (Å²) in [6.45, 7) is 0.212. The molecule has 0 atom stereocenters. The van der Waals surface area contributed by atoms with Gasteiger partial charge in [-0.05, 0) is 47.7 Å². The van der Waals surface area contributed by atoms with Gasteiger partial charge in [0, 0.05) is 12.5 Å². The first kappa shape index (κ1) is 19.3. The molecule has 1 saturated carbocycles. The number of nitrogens with zero attached hydrogens (tertiary/aromatic N) is 2. The van der Waals surface area contributed by atoms with Crippen LogP contribution in [0.2, 0.25) is 0 Å². The van der Waals surface area contributed by atoms with Crippen LogP contribution in [-0.4, -0.2) is 16.8 Å². The summed E-state index contributed by atoms with van der Waals surface area (Å²) in [6.07, 6.45) is 1.77. The van der Waals surface area contributed by atoms with Gasteiger partial charge in [0.05, 0.1) is 11.6 Å². The van der Waals surface area contributed by atoms with E-state index in [0.717, 1.165) is 29.5 Å². The first-order valence-corrected chi connectivity index (χ1v) is 9.78. The van der Waals surface area contributed by atoms with E-state index in [1.54, 1.807) is 30.3 Å². The predicted octanol–water partition coefficient (Wildman–Crippen LogP) is 3.90. The molecule has 2 amide bonds. The van der Waals surface area contributed by atoms with Crippen molar-refractivity contribution in [2.24, 2.45) is 5.92 Å². The summed E-state index contributed by atoms with van der Waals surface area (Å²) < 4.78 is 0. The molecule has 0 aliphatic heterocycles. The maximum absolute atomic E-state index is 12.8. The van der Waals surface area contributed by atoms with Gasteiger partial charge < -0.3 is 10.6 Å². The molecule has 6 nitrogen and oxygen atoms in total. The van der Waals surface area contributed by atoms with Crippen molar-refractivity contribution in [3.63, 3.8) is 0 Å². The Morgan fingerprint density at radius 2 is 1.73 bits per heavy atom. The van der Waals surface area contributed by atoms with Crippen LogP contribution in [0.15, 0.2) is 66.7 Å². The van der Waals surface area contributed by atoms with Crippen molar-refractivity contribution >= 4 is 17.6 Å². The third kappa shape index (κ3) is 4.53. The Labute approximate surface area is 174 Å². The highest BCUT2D eigenvalue weighted by Gasteiger charge is 2.30. The topological polar surface area (TPSA) is 94.9 Å². The van der Waals surface area contributed by atoms with Gasteiger partial charge >= 0.3 is 0 Å². The van der Waals surface area contributed by atoms with Crippen LogP contribution in [0.1, 0.15) is 34.5 Å². The van der Waals surface area contributed by atoms with Crippen LogP contribution < -0.4 is 10.6 Å². The minimum Gasteiger partial charge on any atom is -0.347 e. The number of hydrogen-bond acceptors (Lipinski definition) is 4. The standard InChI is InChI=1S/C24H20N4O2/c25-14-18-8-4-5-9-19(18)15-26-24(30)21-12-20(16-6-2-1-3-7-16)13-22(27-21)28-23(29)17-10-11-17/h1-9,12-13,17H,10-11,15H2,(H,26,30)(H,27,28,29). The molecule has 1 aliphatic rings. The van der Waals surface area contributed by atoms with Gasteiger partial charge in [-0.15, -0.1) is 0 Å². The van der Waals surface area contributed by atoms with Crippen molar-refractivity contribution in [2.75, 3.05) is 5.32 Å². The zero-order chi connectivity index (χ0) is 20.9. The maximum atomic E-state index is 12.8. The van der Waals surface area contributed by atoms with Crippen LogP contribution in [0.4, 0.5) is 5.82 Å². The van der Waals surface area contributed by atoms with Crippen molar-refractivity contribution < 1.29 is 9.59 Å². The third-order valence-electron chi connectivity index (χ3n) is 4.94. The summed E-state index contributed by atoms with van der Waals surface area (Å²) in [4.78, 5) is 29.4. The number of hydrogen-bond donors (Lipinski definition) is 2. The Bertz CT molecular complexity index is 1130. The number of carbonyl (C=O) groups is 2. The fourth-order valence-corrected chi connectivity index (χ4v) is 3.13. The molecular weight excluding hydrogens is 376 g/mol. The van der Waals surface area contributed by atoms with E-state index in [0.29, 0.717) is 11.4 Å². The molecule has 0 bridgehead atoms. The number of rotatable bonds is 6. The third-order valence-corrected chi connectivity index (χ3v) is 4.94. The average Bonchev–Trinajstić information content (AvgIpc) is 3.63. The van der Waals surface area contributed by atoms with Crippen LogP contribution in [0.25, 0.3) is 11.1 Å². The zero-order valence-electron chi connectivity index (χ0n) is 16.3. The van der Waals surface area contributed by atoms with Crippen molar-refractivity contribution in [1.82, 2.24) is 10.3 Å². The molecule has 30 heavy (non-hydrogen) atoms. The number of aromatic nitrogens is 1. The Balaban J connectivity index is 1.59. The smallest absolute Gasteiger partial charge is 0.270 e. The van der Waals surface area contributed by atoms with Crippen LogP contribution in [-0.2, 0) is 11.3 Å². The number of pyridine rings is 1. The van der Waals surface area contributed by atoms with E-state index in [9.17, 15) is 14.9 Å². The van der Waals surface area contributed by atoms with Crippen molar-refractivity contribution in [3.05, 3.63) is 83.6 Å². The molecule has 6 heteroatoms. The van der Waals surface area contributed by atoms with Gasteiger partial charge in [-0.3, -0.25) is 9.59 Å². The maximum Gasteiger partial charge on any atom is 0.270 e. The fraction of sp³-hybridized carbons (Fsp3) is 0.167. The van der Waals surface area contributed by atoms with Crippen molar-refractivity contribution in [2.45, 2.75) is 19.4 Å². The molecule has 0 saturated heterocycles. The Morgan fingerprint density at radius 3 is 2.47 bits per heavy atom. The van der Waals surface area contributed by atoms with Crippen LogP contribution in [0.3, 0.4) is 0 Å². The molecule has 2 N–H and O–H groups in total. The number of amides is 2. The van der Waals surface area contributed by atoms with Crippen molar-refractivity contribution in [3.8, 4) is 17.2 Å². The summed E-state index contributed by atoms with van der Waals surface area (Å²) in [5.41, 5.74) is 3.16. The number of anilines is 1. The summed E-state index contributed by atoms with van der Waals surface area (Å²) in [5.74, 6) is -0.0489. The number of nitriles is 1. The SMILES string of the molecule is N#Cc1ccccc1CNC(=O)c1cc(-c2ccccc2)cc(NC(=O)C2CC2)n1. The lowest BCUT2D eigenvalue weighted by Gasteiger charge is -2.11. The molecule has 0 unspecified atom stereocenters. The van der Waals surface area contributed by atoms with Crippen LogP contribution >= 0.6 is 0 Å². The lowest BCUT2D eigenvalue weighted by Crippen LogP contribution is -2.25. The summed E-state index contributed by atoms with van der Waals surface area (Å²) >= 11 is 0. The van der Waals surface area contributed by atoms with Gasteiger partial charge in [0.1, 0.15) is 11.5 Å². The van der Waals surface area contributed by atoms with Gasteiger partial charge in [0.15, 0.2) is 0 Å². The molecule has 148 valence electrons. The minimum absolute atomic E-state index is 0.0342. The van der Waals surface area contributed by atoms with E-state index in [1.165, 1.54) is 0 Å². The van der Waals surface area contributed by atoms with Crippen LogP contribution in [0.5, 0.6) is 0 Å². The highest BCUT2D eigenvalue weighted by Crippen LogP contribution is 2.30. The van der Waals surface area contributed by atoms with Gasteiger partial charge in [0.2, 0.25) is 5.91 Å². The Kier molecular flexibility index (Phi) is 5.53. The summed E-state index contributed by atoms with van der Waals surface area (Å²) in [5, 5.41) is 14.9. The number of benzene rings is 2.